The highest BCUT2D eigenvalue weighted by Gasteiger charge is 2.09. The Hall–Kier alpha value is -3.14. The quantitative estimate of drug-likeness (QED) is 0.598. The molecule has 0 bridgehead atoms. The molecule has 1 aromatic heterocycles. The number of nitro groups is 1. The lowest BCUT2D eigenvalue weighted by molar-refractivity contribution is -0.385. The van der Waals surface area contributed by atoms with Crippen LogP contribution in [0.1, 0.15) is 18.9 Å². The number of nitriles is 1. The molecule has 2 aromatic rings. The number of rotatable bonds is 6. The zero-order valence-corrected chi connectivity index (χ0v) is 11.9. The van der Waals surface area contributed by atoms with E-state index in [4.69, 9.17) is 14.7 Å². The lowest BCUT2D eigenvalue weighted by Crippen LogP contribution is -1.98. The van der Waals surface area contributed by atoms with Gasteiger partial charge in [-0.15, -0.1) is 0 Å². The average molecular weight is 299 g/mol. The summed E-state index contributed by atoms with van der Waals surface area (Å²) in [5.74, 6) is 1.09. The Kier molecular flexibility index (Phi) is 4.88. The van der Waals surface area contributed by atoms with Gasteiger partial charge in [-0.25, -0.2) is 4.98 Å². The molecule has 0 atom stereocenters. The van der Waals surface area contributed by atoms with E-state index in [9.17, 15) is 10.1 Å². The van der Waals surface area contributed by atoms with Crippen LogP contribution in [0.25, 0.3) is 0 Å². The minimum atomic E-state index is -0.533. The van der Waals surface area contributed by atoms with Crippen molar-refractivity contribution in [2.24, 2.45) is 0 Å². The van der Waals surface area contributed by atoms with E-state index in [2.05, 4.69) is 4.98 Å². The maximum Gasteiger partial charge on any atom is 0.287 e. The van der Waals surface area contributed by atoms with Gasteiger partial charge in [-0.05, 0) is 18.6 Å². The maximum atomic E-state index is 10.6. The van der Waals surface area contributed by atoms with E-state index in [-0.39, 0.29) is 11.6 Å². The molecule has 0 unspecified atom stereocenters. The first-order valence-corrected chi connectivity index (χ1v) is 6.59. The van der Waals surface area contributed by atoms with Crippen LogP contribution in [-0.2, 0) is 0 Å². The molecule has 1 heterocycles. The lowest BCUT2D eigenvalue weighted by Gasteiger charge is -2.09. The molecule has 0 saturated carbocycles. The van der Waals surface area contributed by atoms with Gasteiger partial charge in [-0.2, -0.15) is 5.26 Å². The molecule has 7 heteroatoms. The normalized spacial score (nSPS) is 9.82. The zero-order valence-electron chi connectivity index (χ0n) is 11.9. The third kappa shape index (κ3) is 3.70. The van der Waals surface area contributed by atoms with Crippen LogP contribution < -0.4 is 9.47 Å². The van der Waals surface area contributed by atoms with Crippen molar-refractivity contribution in [3.05, 3.63) is 52.2 Å². The van der Waals surface area contributed by atoms with E-state index < -0.39 is 4.92 Å². The fourth-order valence-corrected chi connectivity index (χ4v) is 1.65. The SMILES string of the molecule is CCCOc1cc(Oc2ccc([N+](=O)[O-])cn2)ccc1C#N. The molecule has 2 rings (SSSR count). The van der Waals surface area contributed by atoms with Crippen LogP contribution in [0.15, 0.2) is 36.5 Å². The van der Waals surface area contributed by atoms with Crippen LogP contribution in [0.3, 0.4) is 0 Å². The lowest BCUT2D eigenvalue weighted by atomic mass is 10.2. The highest BCUT2D eigenvalue weighted by Crippen LogP contribution is 2.28. The highest BCUT2D eigenvalue weighted by atomic mass is 16.6. The number of hydrogen-bond donors (Lipinski definition) is 0. The summed E-state index contributed by atoms with van der Waals surface area (Å²) in [6, 6.07) is 9.55. The first kappa shape index (κ1) is 15.3. The van der Waals surface area contributed by atoms with E-state index >= 15 is 0 Å². The summed E-state index contributed by atoms with van der Waals surface area (Å²) in [5.41, 5.74) is 0.302. The third-order valence-electron chi connectivity index (χ3n) is 2.69. The van der Waals surface area contributed by atoms with E-state index in [0.29, 0.717) is 23.7 Å². The average Bonchev–Trinajstić information content (AvgIpc) is 2.53. The standard InChI is InChI=1S/C15H13N3O4/c1-2-7-21-14-8-13(5-3-11(14)9-16)22-15-6-4-12(10-17-15)18(19)20/h3-6,8,10H,2,7H2,1H3. The van der Waals surface area contributed by atoms with E-state index in [1.807, 2.05) is 13.0 Å². The number of nitrogens with zero attached hydrogens (tertiary/aromatic N) is 3. The number of aromatic nitrogens is 1. The first-order valence-electron chi connectivity index (χ1n) is 6.59. The first-order chi connectivity index (χ1) is 10.6. The van der Waals surface area contributed by atoms with E-state index in [1.165, 1.54) is 12.1 Å². The minimum Gasteiger partial charge on any atom is -0.492 e. The second kappa shape index (κ2) is 7.04. The van der Waals surface area contributed by atoms with Crippen molar-refractivity contribution in [3.63, 3.8) is 0 Å². The van der Waals surface area contributed by atoms with Crippen LogP contribution >= 0.6 is 0 Å². The smallest absolute Gasteiger partial charge is 0.287 e. The second-order valence-electron chi connectivity index (χ2n) is 4.33. The van der Waals surface area contributed by atoms with E-state index in [1.54, 1.807) is 18.2 Å². The van der Waals surface area contributed by atoms with Gasteiger partial charge in [0.15, 0.2) is 0 Å². The molecule has 0 aliphatic carbocycles. The van der Waals surface area contributed by atoms with Crippen molar-refractivity contribution in [3.8, 4) is 23.4 Å². The van der Waals surface area contributed by atoms with Gasteiger partial charge >= 0.3 is 0 Å². The number of hydrogen-bond acceptors (Lipinski definition) is 6. The van der Waals surface area contributed by atoms with Gasteiger partial charge in [0.05, 0.1) is 17.1 Å². The zero-order chi connectivity index (χ0) is 15.9. The molecule has 112 valence electrons. The molecule has 0 radical (unpaired) electrons. The van der Waals surface area contributed by atoms with Crippen LogP contribution in [0.5, 0.6) is 17.4 Å². The second-order valence-corrected chi connectivity index (χ2v) is 4.33. The minimum absolute atomic E-state index is 0.112. The Bertz CT molecular complexity index is 708. The van der Waals surface area contributed by atoms with Crippen molar-refractivity contribution in [2.45, 2.75) is 13.3 Å². The van der Waals surface area contributed by atoms with Crippen molar-refractivity contribution >= 4 is 5.69 Å². The topological polar surface area (TPSA) is 98.3 Å². The molecular weight excluding hydrogens is 286 g/mol. The monoisotopic (exact) mass is 299 g/mol. The Morgan fingerprint density at radius 1 is 1.36 bits per heavy atom. The summed E-state index contributed by atoms with van der Waals surface area (Å²) in [7, 11) is 0. The summed E-state index contributed by atoms with van der Waals surface area (Å²) >= 11 is 0. The molecular formula is C15H13N3O4. The summed E-state index contributed by atoms with van der Waals surface area (Å²) in [6.07, 6.45) is 1.94. The predicted octanol–water partition coefficient (Wildman–Crippen LogP) is 3.44. The molecule has 7 nitrogen and oxygen atoms in total. The molecule has 0 saturated heterocycles. The van der Waals surface area contributed by atoms with Crippen molar-refractivity contribution < 1.29 is 14.4 Å². The Balaban J connectivity index is 2.18. The summed E-state index contributed by atoms with van der Waals surface area (Å²) in [4.78, 5) is 13.9. The molecule has 0 N–H and O–H groups in total. The maximum absolute atomic E-state index is 10.6. The number of pyridine rings is 1. The van der Waals surface area contributed by atoms with Crippen LogP contribution in [0, 0.1) is 21.4 Å². The largest absolute Gasteiger partial charge is 0.492 e. The molecule has 0 aliphatic heterocycles. The molecule has 0 amide bonds. The fraction of sp³-hybridized carbons (Fsp3) is 0.200. The van der Waals surface area contributed by atoms with Gasteiger partial charge in [-0.1, -0.05) is 6.92 Å². The van der Waals surface area contributed by atoms with Gasteiger partial charge in [0.2, 0.25) is 5.88 Å². The Morgan fingerprint density at radius 2 is 2.18 bits per heavy atom. The molecule has 0 aliphatic rings. The third-order valence-corrected chi connectivity index (χ3v) is 2.69. The van der Waals surface area contributed by atoms with Crippen molar-refractivity contribution in [1.82, 2.24) is 4.98 Å². The number of benzene rings is 1. The van der Waals surface area contributed by atoms with Gasteiger partial charge in [-0.3, -0.25) is 10.1 Å². The fourth-order valence-electron chi connectivity index (χ4n) is 1.65. The summed E-state index contributed by atoms with van der Waals surface area (Å²) in [5, 5.41) is 19.6. The van der Waals surface area contributed by atoms with Crippen molar-refractivity contribution in [1.29, 1.82) is 5.26 Å². The molecule has 22 heavy (non-hydrogen) atoms. The predicted molar refractivity (Wildman–Crippen MR) is 77.9 cm³/mol. The van der Waals surface area contributed by atoms with Crippen LogP contribution in [-0.4, -0.2) is 16.5 Å². The van der Waals surface area contributed by atoms with Crippen LogP contribution in [0.2, 0.25) is 0 Å². The van der Waals surface area contributed by atoms with Gasteiger partial charge < -0.3 is 9.47 Å². The van der Waals surface area contributed by atoms with Gasteiger partial charge in [0.1, 0.15) is 23.8 Å². The van der Waals surface area contributed by atoms with Crippen LogP contribution in [0.4, 0.5) is 5.69 Å². The summed E-state index contributed by atoms with van der Waals surface area (Å²) in [6.45, 7) is 2.46. The Morgan fingerprint density at radius 3 is 2.77 bits per heavy atom. The summed E-state index contributed by atoms with van der Waals surface area (Å²) < 4.78 is 11.0. The molecule has 1 aromatic carbocycles. The molecule has 0 spiro atoms. The Labute approximate surface area is 126 Å². The molecule has 0 fully saturated rings. The highest BCUT2D eigenvalue weighted by molar-refractivity contribution is 5.48. The number of ether oxygens (including phenoxy) is 2. The van der Waals surface area contributed by atoms with Gasteiger partial charge in [0, 0.05) is 18.2 Å². The van der Waals surface area contributed by atoms with E-state index in [0.717, 1.165) is 12.6 Å². The van der Waals surface area contributed by atoms with Gasteiger partial charge in [0.25, 0.3) is 5.69 Å². The van der Waals surface area contributed by atoms with Crippen molar-refractivity contribution in [2.75, 3.05) is 6.61 Å².